The first kappa shape index (κ1) is 7.73. The maximum Gasteiger partial charge on any atom is 0.0698 e. The molecule has 0 bridgehead atoms. The lowest BCUT2D eigenvalue weighted by Crippen LogP contribution is -2.36. The Morgan fingerprint density at radius 2 is 1.92 bits per heavy atom. The molecule has 1 aromatic carbocycles. The summed E-state index contributed by atoms with van der Waals surface area (Å²) in [5.41, 5.74) is 13.1. The first-order valence-corrected chi connectivity index (χ1v) is 4.18. The van der Waals surface area contributed by atoms with Gasteiger partial charge in [0.05, 0.1) is 6.17 Å². The summed E-state index contributed by atoms with van der Waals surface area (Å²) in [5, 5.41) is 0. The number of nitrogens with two attached hydrogens (primary N) is 1. The van der Waals surface area contributed by atoms with E-state index in [2.05, 4.69) is 23.0 Å². The van der Waals surface area contributed by atoms with Gasteiger partial charge in [0.1, 0.15) is 0 Å². The smallest absolute Gasteiger partial charge is 0.0698 e. The van der Waals surface area contributed by atoms with Crippen molar-refractivity contribution in [2.24, 2.45) is 5.73 Å². The number of nitrogens with one attached hydrogen (secondary N) is 2. The van der Waals surface area contributed by atoms with Gasteiger partial charge in [-0.15, -0.1) is 0 Å². The Bertz CT molecular complexity index is 247. The van der Waals surface area contributed by atoms with Crippen molar-refractivity contribution in [2.75, 3.05) is 0 Å². The highest BCUT2D eigenvalue weighted by molar-refractivity contribution is 5.19. The Hall–Kier alpha value is -0.900. The van der Waals surface area contributed by atoms with Gasteiger partial charge in [0.2, 0.25) is 0 Å². The Morgan fingerprint density at radius 3 is 2.50 bits per heavy atom. The van der Waals surface area contributed by atoms with E-state index in [0.29, 0.717) is 6.04 Å². The molecule has 1 saturated heterocycles. The fraction of sp³-hybridized carbons (Fsp3) is 0.333. The first-order valence-electron chi connectivity index (χ1n) is 4.18. The van der Waals surface area contributed by atoms with Gasteiger partial charge < -0.3 is 5.73 Å². The van der Waals surface area contributed by atoms with Crippen LogP contribution in [0.15, 0.2) is 30.3 Å². The van der Waals surface area contributed by atoms with Crippen LogP contribution in [0.3, 0.4) is 0 Å². The van der Waals surface area contributed by atoms with Crippen molar-refractivity contribution in [3.05, 3.63) is 35.9 Å². The summed E-state index contributed by atoms with van der Waals surface area (Å²) in [5.74, 6) is 0. The van der Waals surface area contributed by atoms with Gasteiger partial charge in [-0.2, -0.15) is 0 Å². The van der Waals surface area contributed by atoms with Crippen LogP contribution in [-0.2, 0) is 0 Å². The summed E-state index contributed by atoms with van der Waals surface area (Å²) < 4.78 is 0. The van der Waals surface area contributed by atoms with E-state index in [4.69, 9.17) is 5.73 Å². The Balaban J connectivity index is 2.11. The lowest BCUT2D eigenvalue weighted by molar-refractivity contribution is 0.552. The predicted octanol–water partition coefficient (Wildman–Crippen LogP) is 0.510. The molecule has 64 valence electrons. The van der Waals surface area contributed by atoms with Crippen LogP contribution in [0.4, 0.5) is 0 Å². The number of hydrogen-bond acceptors (Lipinski definition) is 3. The van der Waals surface area contributed by atoms with Gasteiger partial charge in [-0.25, -0.2) is 10.9 Å². The van der Waals surface area contributed by atoms with Crippen molar-refractivity contribution in [3.63, 3.8) is 0 Å². The maximum absolute atomic E-state index is 5.69. The predicted molar refractivity (Wildman–Crippen MR) is 48.0 cm³/mol. The fourth-order valence-corrected chi connectivity index (χ4v) is 1.48. The molecule has 2 rings (SSSR count). The monoisotopic (exact) mass is 163 g/mol. The third kappa shape index (κ3) is 1.48. The number of rotatable bonds is 1. The molecule has 0 aromatic heterocycles. The number of hydrogen-bond donors (Lipinski definition) is 3. The van der Waals surface area contributed by atoms with E-state index < -0.39 is 0 Å². The Labute approximate surface area is 71.9 Å². The summed E-state index contributed by atoms with van der Waals surface area (Å²) in [6, 6.07) is 10.7. The number of benzene rings is 1. The summed E-state index contributed by atoms with van der Waals surface area (Å²) in [6.07, 6.45) is 1.03. The first-order chi connectivity index (χ1) is 5.86. The topological polar surface area (TPSA) is 50.1 Å². The van der Waals surface area contributed by atoms with Gasteiger partial charge in [0.15, 0.2) is 0 Å². The van der Waals surface area contributed by atoms with Gasteiger partial charge in [-0.1, -0.05) is 30.3 Å². The average Bonchev–Trinajstić information content (AvgIpc) is 2.54. The molecule has 1 aromatic rings. The van der Waals surface area contributed by atoms with Crippen molar-refractivity contribution < 1.29 is 0 Å². The lowest BCUT2D eigenvalue weighted by atomic mass is 10.1. The van der Waals surface area contributed by atoms with Gasteiger partial charge in [-0.05, 0) is 12.0 Å². The third-order valence-corrected chi connectivity index (χ3v) is 2.13. The van der Waals surface area contributed by atoms with E-state index in [1.54, 1.807) is 0 Å². The van der Waals surface area contributed by atoms with Crippen LogP contribution >= 0.6 is 0 Å². The standard InChI is InChI=1S/C9H13N3/c10-9-6-8(11-12-9)7-4-2-1-3-5-7/h1-5,8-9,11-12H,6,10H2. The zero-order valence-electron chi connectivity index (χ0n) is 6.83. The minimum Gasteiger partial charge on any atom is -0.315 e. The van der Waals surface area contributed by atoms with E-state index in [1.807, 2.05) is 18.2 Å². The number of hydrazine groups is 1. The van der Waals surface area contributed by atoms with Crippen molar-refractivity contribution in [1.29, 1.82) is 0 Å². The average molecular weight is 163 g/mol. The second-order valence-electron chi connectivity index (χ2n) is 3.09. The highest BCUT2D eigenvalue weighted by Crippen LogP contribution is 2.19. The van der Waals surface area contributed by atoms with Crippen LogP contribution in [0.25, 0.3) is 0 Å². The molecule has 12 heavy (non-hydrogen) atoms. The molecule has 1 heterocycles. The molecule has 0 saturated carbocycles. The van der Waals surface area contributed by atoms with E-state index in [9.17, 15) is 0 Å². The van der Waals surface area contributed by atoms with Gasteiger partial charge in [0, 0.05) is 6.04 Å². The van der Waals surface area contributed by atoms with Gasteiger partial charge in [0.25, 0.3) is 0 Å². The van der Waals surface area contributed by atoms with Crippen LogP contribution in [0.2, 0.25) is 0 Å². The second kappa shape index (κ2) is 3.23. The summed E-state index contributed by atoms with van der Waals surface area (Å²) >= 11 is 0. The van der Waals surface area contributed by atoms with Gasteiger partial charge in [-0.3, -0.25) is 0 Å². The minimum absolute atomic E-state index is 0.0789. The third-order valence-electron chi connectivity index (χ3n) is 2.13. The molecule has 3 nitrogen and oxygen atoms in total. The molecule has 4 N–H and O–H groups in total. The lowest BCUT2D eigenvalue weighted by Gasteiger charge is -2.07. The van der Waals surface area contributed by atoms with Crippen molar-refractivity contribution in [2.45, 2.75) is 18.6 Å². The zero-order chi connectivity index (χ0) is 8.39. The van der Waals surface area contributed by atoms with E-state index in [-0.39, 0.29) is 6.17 Å². The summed E-state index contributed by atoms with van der Waals surface area (Å²) in [4.78, 5) is 0. The highest BCUT2D eigenvalue weighted by Gasteiger charge is 2.21. The van der Waals surface area contributed by atoms with Crippen molar-refractivity contribution >= 4 is 0 Å². The highest BCUT2D eigenvalue weighted by atomic mass is 15.4. The van der Waals surface area contributed by atoms with Crippen LogP contribution in [-0.4, -0.2) is 6.17 Å². The fourth-order valence-electron chi connectivity index (χ4n) is 1.48. The molecule has 0 radical (unpaired) electrons. The van der Waals surface area contributed by atoms with Crippen LogP contribution in [0.1, 0.15) is 18.0 Å². The molecule has 3 heteroatoms. The normalized spacial score (nSPS) is 29.1. The molecule has 2 unspecified atom stereocenters. The second-order valence-corrected chi connectivity index (χ2v) is 3.09. The molecular formula is C9H13N3. The Kier molecular flexibility index (Phi) is 2.08. The molecule has 1 aliphatic heterocycles. The summed E-state index contributed by atoms with van der Waals surface area (Å²) in [7, 11) is 0. The molecular weight excluding hydrogens is 150 g/mol. The van der Waals surface area contributed by atoms with Crippen molar-refractivity contribution in [3.8, 4) is 0 Å². The summed E-state index contributed by atoms with van der Waals surface area (Å²) in [6.45, 7) is 0. The zero-order valence-corrected chi connectivity index (χ0v) is 6.83. The molecule has 2 atom stereocenters. The molecule has 1 fully saturated rings. The molecule has 0 aliphatic carbocycles. The SMILES string of the molecule is NC1CC(c2ccccc2)NN1. The van der Waals surface area contributed by atoms with E-state index in [0.717, 1.165) is 6.42 Å². The minimum atomic E-state index is 0.0789. The largest absolute Gasteiger partial charge is 0.315 e. The van der Waals surface area contributed by atoms with E-state index >= 15 is 0 Å². The molecule has 0 spiro atoms. The van der Waals surface area contributed by atoms with Crippen LogP contribution < -0.4 is 16.6 Å². The Morgan fingerprint density at radius 1 is 1.17 bits per heavy atom. The van der Waals surface area contributed by atoms with Gasteiger partial charge >= 0.3 is 0 Å². The van der Waals surface area contributed by atoms with Crippen LogP contribution in [0, 0.1) is 0 Å². The molecule has 1 aliphatic rings. The van der Waals surface area contributed by atoms with E-state index in [1.165, 1.54) is 5.56 Å². The molecule has 0 amide bonds. The van der Waals surface area contributed by atoms with Crippen LogP contribution in [0.5, 0.6) is 0 Å². The quantitative estimate of drug-likeness (QED) is 0.565. The van der Waals surface area contributed by atoms with Crippen molar-refractivity contribution in [1.82, 2.24) is 10.9 Å². The maximum atomic E-state index is 5.69.